The van der Waals surface area contributed by atoms with Crippen LogP contribution in [-0.2, 0) is 22.5 Å². The summed E-state index contributed by atoms with van der Waals surface area (Å²) in [5, 5.41) is 12.8. The van der Waals surface area contributed by atoms with Gasteiger partial charge < -0.3 is 24.4 Å². The van der Waals surface area contributed by atoms with Crippen molar-refractivity contribution in [1.82, 2.24) is 4.90 Å². The lowest BCUT2D eigenvalue weighted by Crippen LogP contribution is -2.35. The standard InChI is InChI=1S/C21H23N3O5S/c1-3-27-14-5-7-15(8-6-14)29-13-19(25)23-20-17(11-22)16-9-10-24(12-18(16)30-20)21(26)28-4-2/h5-8H,3-4,9-10,12-13H2,1-2H3,(H,23,25). The molecule has 1 aromatic carbocycles. The topological polar surface area (TPSA) is 101 Å². The molecule has 158 valence electrons. The van der Waals surface area contributed by atoms with Crippen LogP contribution in [0.5, 0.6) is 11.5 Å². The molecule has 0 radical (unpaired) electrons. The van der Waals surface area contributed by atoms with Crippen molar-refractivity contribution < 1.29 is 23.8 Å². The van der Waals surface area contributed by atoms with Gasteiger partial charge in [-0.25, -0.2) is 4.79 Å². The van der Waals surface area contributed by atoms with Crippen LogP contribution < -0.4 is 14.8 Å². The second-order valence-electron chi connectivity index (χ2n) is 6.43. The molecular weight excluding hydrogens is 406 g/mol. The van der Waals surface area contributed by atoms with E-state index in [0.717, 1.165) is 16.2 Å². The van der Waals surface area contributed by atoms with Crippen LogP contribution in [0.15, 0.2) is 24.3 Å². The highest BCUT2D eigenvalue weighted by atomic mass is 32.1. The van der Waals surface area contributed by atoms with Crippen LogP contribution in [0.3, 0.4) is 0 Å². The molecule has 0 bridgehead atoms. The molecule has 9 heteroatoms. The lowest BCUT2D eigenvalue weighted by atomic mass is 10.0. The zero-order valence-electron chi connectivity index (χ0n) is 16.9. The second kappa shape index (κ2) is 9.98. The fraction of sp³-hybridized carbons (Fsp3) is 0.381. The molecule has 1 N–H and O–H groups in total. The van der Waals surface area contributed by atoms with Crippen molar-refractivity contribution in [3.63, 3.8) is 0 Å². The first-order chi connectivity index (χ1) is 14.5. The molecule has 0 atom stereocenters. The van der Waals surface area contributed by atoms with Gasteiger partial charge in [-0.3, -0.25) is 4.79 Å². The summed E-state index contributed by atoms with van der Waals surface area (Å²) >= 11 is 1.31. The zero-order valence-corrected chi connectivity index (χ0v) is 17.7. The van der Waals surface area contributed by atoms with E-state index in [1.54, 1.807) is 36.1 Å². The summed E-state index contributed by atoms with van der Waals surface area (Å²) in [6.07, 6.45) is 0.177. The minimum Gasteiger partial charge on any atom is -0.494 e. The molecule has 0 fully saturated rings. The number of nitriles is 1. The largest absolute Gasteiger partial charge is 0.494 e. The van der Waals surface area contributed by atoms with Gasteiger partial charge in [-0.15, -0.1) is 11.3 Å². The third kappa shape index (κ3) is 5.02. The summed E-state index contributed by atoms with van der Waals surface area (Å²) in [6.45, 7) is 5.21. The van der Waals surface area contributed by atoms with Crippen LogP contribution in [0.25, 0.3) is 0 Å². The minimum absolute atomic E-state index is 0.184. The monoisotopic (exact) mass is 429 g/mol. The fourth-order valence-corrected chi connectivity index (χ4v) is 4.32. The molecule has 0 aliphatic carbocycles. The highest BCUT2D eigenvalue weighted by molar-refractivity contribution is 7.16. The molecule has 3 rings (SSSR count). The van der Waals surface area contributed by atoms with Crippen molar-refractivity contribution in [2.45, 2.75) is 26.8 Å². The normalized spacial score (nSPS) is 12.5. The van der Waals surface area contributed by atoms with Crippen molar-refractivity contribution >= 4 is 28.3 Å². The van der Waals surface area contributed by atoms with Gasteiger partial charge in [-0.1, -0.05) is 0 Å². The van der Waals surface area contributed by atoms with Crippen molar-refractivity contribution in [3.8, 4) is 17.6 Å². The maximum absolute atomic E-state index is 12.3. The third-order valence-electron chi connectivity index (χ3n) is 4.45. The summed E-state index contributed by atoms with van der Waals surface area (Å²) in [7, 11) is 0. The van der Waals surface area contributed by atoms with E-state index in [4.69, 9.17) is 14.2 Å². The number of nitrogens with zero attached hydrogens (tertiary/aromatic N) is 2. The van der Waals surface area contributed by atoms with E-state index in [1.807, 2.05) is 6.92 Å². The summed E-state index contributed by atoms with van der Waals surface area (Å²) in [5.74, 6) is 0.917. The predicted octanol–water partition coefficient (Wildman–Crippen LogP) is 3.55. The first-order valence-electron chi connectivity index (χ1n) is 9.67. The summed E-state index contributed by atoms with van der Waals surface area (Å²) in [5.41, 5.74) is 1.33. The number of fused-ring (bicyclic) bond motifs is 1. The van der Waals surface area contributed by atoms with E-state index in [1.165, 1.54) is 11.3 Å². The number of ether oxygens (including phenoxy) is 3. The Labute approximate surface area is 179 Å². The molecule has 1 aliphatic heterocycles. The van der Waals surface area contributed by atoms with Gasteiger partial charge in [0.1, 0.15) is 22.6 Å². The van der Waals surface area contributed by atoms with Crippen molar-refractivity contribution in [2.75, 3.05) is 31.7 Å². The maximum Gasteiger partial charge on any atom is 0.410 e. The van der Waals surface area contributed by atoms with E-state index in [0.29, 0.717) is 49.0 Å². The molecule has 1 aromatic heterocycles. The lowest BCUT2D eigenvalue weighted by molar-refractivity contribution is -0.118. The van der Waals surface area contributed by atoms with Crippen molar-refractivity contribution in [2.24, 2.45) is 0 Å². The van der Waals surface area contributed by atoms with Crippen molar-refractivity contribution in [1.29, 1.82) is 5.26 Å². The predicted molar refractivity (Wildman–Crippen MR) is 112 cm³/mol. The minimum atomic E-state index is -0.371. The molecule has 30 heavy (non-hydrogen) atoms. The van der Waals surface area contributed by atoms with Crippen molar-refractivity contribution in [3.05, 3.63) is 40.3 Å². The lowest BCUT2D eigenvalue weighted by Gasteiger charge is -2.25. The summed E-state index contributed by atoms with van der Waals surface area (Å²) in [6, 6.07) is 9.18. The Bertz CT molecular complexity index is 949. The first kappa shape index (κ1) is 21.5. The Morgan fingerprint density at radius 3 is 2.50 bits per heavy atom. The smallest absolute Gasteiger partial charge is 0.410 e. The number of carbonyl (C=O) groups is 2. The van der Waals surface area contributed by atoms with Gasteiger partial charge in [0.2, 0.25) is 0 Å². The molecule has 2 heterocycles. The maximum atomic E-state index is 12.3. The van der Waals surface area contributed by atoms with E-state index >= 15 is 0 Å². The van der Waals surface area contributed by atoms with Crippen LogP contribution in [0.1, 0.15) is 29.9 Å². The Morgan fingerprint density at radius 2 is 1.87 bits per heavy atom. The van der Waals surface area contributed by atoms with E-state index in [9.17, 15) is 14.9 Å². The molecular formula is C21H23N3O5S. The second-order valence-corrected chi connectivity index (χ2v) is 7.54. The van der Waals surface area contributed by atoms with E-state index < -0.39 is 0 Å². The van der Waals surface area contributed by atoms with Gasteiger partial charge in [0.25, 0.3) is 5.91 Å². The van der Waals surface area contributed by atoms with Crippen LogP contribution in [0.4, 0.5) is 9.80 Å². The quantitative estimate of drug-likeness (QED) is 0.722. The SMILES string of the molecule is CCOC(=O)N1CCc2c(sc(NC(=O)COc3ccc(OCC)cc3)c2C#N)C1. The van der Waals surface area contributed by atoms with Gasteiger partial charge in [0.15, 0.2) is 6.61 Å². The van der Waals surface area contributed by atoms with Crippen LogP contribution >= 0.6 is 11.3 Å². The number of hydrogen-bond acceptors (Lipinski definition) is 7. The molecule has 0 spiro atoms. The van der Waals surface area contributed by atoms with Gasteiger partial charge in [0, 0.05) is 11.4 Å². The number of hydrogen-bond donors (Lipinski definition) is 1. The molecule has 0 saturated carbocycles. The van der Waals surface area contributed by atoms with E-state index in [-0.39, 0.29) is 18.6 Å². The average Bonchev–Trinajstić information content (AvgIpc) is 3.09. The van der Waals surface area contributed by atoms with Crippen LogP contribution in [0, 0.1) is 11.3 Å². The van der Waals surface area contributed by atoms with Gasteiger partial charge in [-0.2, -0.15) is 5.26 Å². The van der Waals surface area contributed by atoms with Gasteiger partial charge in [-0.05, 0) is 50.1 Å². The molecule has 0 saturated heterocycles. The number of nitrogens with one attached hydrogen (secondary N) is 1. The third-order valence-corrected chi connectivity index (χ3v) is 5.58. The highest BCUT2D eigenvalue weighted by Crippen LogP contribution is 2.36. The molecule has 2 amide bonds. The number of benzene rings is 1. The van der Waals surface area contributed by atoms with Gasteiger partial charge in [0.05, 0.1) is 25.3 Å². The first-order valence-corrected chi connectivity index (χ1v) is 10.5. The average molecular weight is 429 g/mol. The Hall–Kier alpha value is -3.25. The summed E-state index contributed by atoms with van der Waals surface area (Å²) < 4.78 is 15.9. The number of carbonyl (C=O) groups excluding carboxylic acids is 2. The summed E-state index contributed by atoms with van der Waals surface area (Å²) in [4.78, 5) is 26.8. The van der Waals surface area contributed by atoms with Gasteiger partial charge >= 0.3 is 6.09 Å². The Kier molecular flexibility index (Phi) is 7.14. The number of amides is 2. The van der Waals surface area contributed by atoms with E-state index in [2.05, 4.69) is 11.4 Å². The molecule has 0 unspecified atom stereocenters. The Balaban J connectivity index is 1.62. The Morgan fingerprint density at radius 1 is 1.17 bits per heavy atom. The molecule has 2 aromatic rings. The fourth-order valence-electron chi connectivity index (χ4n) is 3.09. The number of rotatable bonds is 7. The zero-order chi connectivity index (χ0) is 21.5. The highest BCUT2D eigenvalue weighted by Gasteiger charge is 2.28. The molecule has 8 nitrogen and oxygen atoms in total. The van der Waals surface area contributed by atoms with Crippen LogP contribution in [-0.4, -0.2) is 43.3 Å². The molecule has 1 aliphatic rings. The number of anilines is 1. The number of thiophene rings is 1. The van der Waals surface area contributed by atoms with Crippen LogP contribution in [0.2, 0.25) is 0 Å².